The van der Waals surface area contributed by atoms with Crippen LogP contribution in [0.3, 0.4) is 0 Å². The number of methoxy groups -OCH3 is 1. The highest BCUT2D eigenvalue weighted by Crippen LogP contribution is 2.32. The third-order valence-corrected chi connectivity index (χ3v) is 7.81. The summed E-state index contributed by atoms with van der Waals surface area (Å²) in [5, 5.41) is 13.8. The number of aromatic amines is 1. The standard InChI is InChI=1S/C36H42N4O8S/c1-37-36(42)31-8-3-4-9-34(31)49-29-11-12-30-32(39-40-33(30)25-29)13-10-27-6-5-7-28(24-27)38-35(41)26-48-23-22-47-21-20-46-19-18-45-17-16-44-15-14-43-2/h3-9,11-12,24-25H,14-23,26H2,1-2H3,(H,37,42)(H,38,41)(H,39,40). The number of anilines is 1. The van der Waals surface area contributed by atoms with Crippen LogP contribution in [0.5, 0.6) is 0 Å². The molecule has 0 aliphatic carbocycles. The second-order valence-electron chi connectivity index (χ2n) is 10.3. The summed E-state index contributed by atoms with van der Waals surface area (Å²) in [4.78, 5) is 26.5. The van der Waals surface area contributed by atoms with Gasteiger partial charge in [-0.05, 0) is 54.5 Å². The van der Waals surface area contributed by atoms with Crippen LogP contribution in [0.4, 0.5) is 5.69 Å². The van der Waals surface area contributed by atoms with Crippen molar-refractivity contribution in [3.05, 3.63) is 83.6 Å². The molecule has 12 nitrogen and oxygen atoms in total. The summed E-state index contributed by atoms with van der Waals surface area (Å²) in [5.74, 6) is 5.85. The summed E-state index contributed by atoms with van der Waals surface area (Å²) < 4.78 is 32.0. The summed E-state index contributed by atoms with van der Waals surface area (Å²) in [5.41, 5.74) is 3.40. The average Bonchev–Trinajstić information content (AvgIpc) is 3.52. The SMILES string of the molecule is CNC(=O)c1ccccc1Sc1ccc2c(C#Cc3cccc(NC(=O)COCCOCCOCCOCCOCCOC)c3)n[nH]c2c1. The van der Waals surface area contributed by atoms with E-state index in [9.17, 15) is 9.59 Å². The number of carbonyl (C=O) groups is 2. The van der Waals surface area contributed by atoms with Gasteiger partial charge < -0.3 is 39.1 Å². The molecule has 2 amide bonds. The van der Waals surface area contributed by atoms with E-state index in [1.165, 1.54) is 11.8 Å². The molecule has 0 fully saturated rings. The summed E-state index contributed by atoms with van der Waals surface area (Å²) in [6.07, 6.45) is 0. The van der Waals surface area contributed by atoms with Crippen molar-refractivity contribution in [1.29, 1.82) is 0 Å². The highest BCUT2D eigenvalue weighted by molar-refractivity contribution is 7.99. The molecule has 0 spiro atoms. The van der Waals surface area contributed by atoms with Crippen LogP contribution in [0.15, 0.2) is 76.5 Å². The van der Waals surface area contributed by atoms with Gasteiger partial charge >= 0.3 is 0 Å². The Kier molecular flexibility index (Phi) is 16.6. The van der Waals surface area contributed by atoms with Crippen LogP contribution < -0.4 is 10.6 Å². The molecule has 4 aromatic rings. The first-order valence-corrected chi connectivity index (χ1v) is 16.7. The molecule has 260 valence electrons. The maximum atomic E-state index is 12.4. The normalized spacial score (nSPS) is 10.9. The summed E-state index contributed by atoms with van der Waals surface area (Å²) >= 11 is 1.51. The fourth-order valence-corrected chi connectivity index (χ4v) is 5.34. The largest absolute Gasteiger partial charge is 0.382 e. The lowest BCUT2D eigenvalue weighted by molar-refractivity contribution is -0.121. The number of rotatable bonds is 21. The quantitative estimate of drug-likeness (QED) is 0.0863. The van der Waals surface area contributed by atoms with E-state index in [1.807, 2.05) is 48.5 Å². The van der Waals surface area contributed by atoms with E-state index in [2.05, 4.69) is 32.7 Å². The Morgan fingerprint density at radius 2 is 1.45 bits per heavy atom. The Morgan fingerprint density at radius 3 is 2.14 bits per heavy atom. The second-order valence-corrected chi connectivity index (χ2v) is 11.4. The molecule has 0 atom stereocenters. The van der Waals surface area contributed by atoms with Crippen molar-refractivity contribution in [2.45, 2.75) is 9.79 Å². The van der Waals surface area contributed by atoms with E-state index in [1.54, 1.807) is 32.4 Å². The van der Waals surface area contributed by atoms with E-state index in [4.69, 9.17) is 28.4 Å². The second kappa shape index (κ2) is 21.7. The van der Waals surface area contributed by atoms with Gasteiger partial charge in [0.25, 0.3) is 5.91 Å². The number of aromatic nitrogens is 2. The minimum Gasteiger partial charge on any atom is -0.382 e. The molecule has 0 radical (unpaired) electrons. The van der Waals surface area contributed by atoms with E-state index < -0.39 is 0 Å². The smallest absolute Gasteiger partial charge is 0.252 e. The molecule has 0 bridgehead atoms. The van der Waals surface area contributed by atoms with Gasteiger partial charge in [0.15, 0.2) is 0 Å². The fraction of sp³-hybridized carbons (Fsp3) is 0.361. The van der Waals surface area contributed by atoms with E-state index in [0.717, 1.165) is 26.3 Å². The van der Waals surface area contributed by atoms with Gasteiger partial charge in [0.1, 0.15) is 12.3 Å². The number of ether oxygens (including phenoxy) is 6. The van der Waals surface area contributed by atoms with Crippen molar-refractivity contribution >= 4 is 40.2 Å². The molecule has 4 rings (SSSR count). The van der Waals surface area contributed by atoms with Gasteiger partial charge in [-0.1, -0.05) is 35.9 Å². The van der Waals surface area contributed by atoms with Gasteiger partial charge in [0.2, 0.25) is 5.91 Å². The first kappa shape index (κ1) is 37.6. The van der Waals surface area contributed by atoms with Crippen LogP contribution in [0.25, 0.3) is 10.9 Å². The minimum absolute atomic E-state index is 0.0980. The Balaban J connectivity index is 1.14. The Morgan fingerprint density at radius 1 is 0.776 bits per heavy atom. The van der Waals surface area contributed by atoms with Crippen molar-refractivity contribution in [3.63, 3.8) is 0 Å². The zero-order chi connectivity index (χ0) is 34.5. The van der Waals surface area contributed by atoms with E-state index in [-0.39, 0.29) is 25.0 Å². The fourth-order valence-electron chi connectivity index (χ4n) is 4.35. The Hall–Kier alpha value is -4.26. The van der Waals surface area contributed by atoms with Crippen LogP contribution in [-0.4, -0.2) is 109 Å². The number of H-pyrrole nitrogens is 1. The molecule has 49 heavy (non-hydrogen) atoms. The molecule has 1 aromatic heterocycles. The number of hydrogen-bond acceptors (Lipinski definition) is 10. The first-order chi connectivity index (χ1) is 24.1. The third-order valence-electron chi connectivity index (χ3n) is 6.75. The molecule has 13 heteroatoms. The molecule has 0 aliphatic heterocycles. The van der Waals surface area contributed by atoms with Gasteiger partial charge in [-0.3, -0.25) is 14.7 Å². The molecular weight excluding hydrogens is 648 g/mol. The summed E-state index contributed by atoms with van der Waals surface area (Å²) in [6, 6.07) is 20.7. The number of benzene rings is 3. The molecule has 0 saturated carbocycles. The zero-order valence-electron chi connectivity index (χ0n) is 27.8. The Labute approximate surface area is 290 Å². The predicted octanol–water partition coefficient (Wildman–Crippen LogP) is 4.14. The van der Waals surface area contributed by atoms with Crippen molar-refractivity contribution in [2.24, 2.45) is 0 Å². The molecule has 1 heterocycles. The Bertz CT molecular complexity index is 1690. The maximum Gasteiger partial charge on any atom is 0.252 e. The van der Waals surface area contributed by atoms with Crippen molar-refractivity contribution in [3.8, 4) is 11.8 Å². The van der Waals surface area contributed by atoms with Gasteiger partial charge in [-0.25, -0.2) is 0 Å². The lowest BCUT2D eigenvalue weighted by Crippen LogP contribution is -2.20. The summed E-state index contributed by atoms with van der Waals surface area (Å²) in [6.45, 7) is 4.54. The zero-order valence-corrected chi connectivity index (χ0v) is 28.6. The lowest BCUT2D eigenvalue weighted by atomic mass is 10.1. The van der Waals surface area contributed by atoms with Gasteiger partial charge in [-0.2, -0.15) is 5.10 Å². The molecule has 3 aromatic carbocycles. The third kappa shape index (κ3) is 13.3. The van der Waals surface area contributed by atoms with Crippen LogP contribution in [0.1, 0.15) is 21.6 Å². The number of nitrogens with one attached hydrogen (secondary N) is 3. The van der Waals surface area contributed by atoms with Crippen LogP contribution in [0.2, 0.25) is 0 Å². The monoisotopic (exact) mass is 690 g/mol. The molecular formula is C36H42N4O8S. The number of amides is 2. The molecule has 0 saturated heterocycles. The lowest BCUT2D eigenvalue weighted by Gasteiger charge is -2.08. The molecule has 0 unspecified atom stereocenters. The van der Waals surface area contributed by atoms with Gasteiger partial charge in [0, 0.05) is 40.6 Å². The predicted molar refractivity (Wildman–Crippen MR) is 187 cm³/mol. The highest BCUT2D eigenvalue weighted by Gasteiger charge is 2.12. The number of fused-ring (bicyclic) bond motifs is 1. The summed E-state index contributed by atoms with van der Waals surface area (Å²) in [7, 11) is 3.25. The van der Waals surface area contributed by atoms with Crippen molar-refractivity contribution < 1.29 is 38.0 Å². The van der Waals surface area contributed by atoms with Crippen LogP contribution in [-0.2, 0) is 33.2 Å². The molecule has 0 aliphatic rings. The number of carbonyl (C=O) groups excluding carboxylic acids is 2. The maximum absolute atomic E-state index is 12.4. The van der Waals surface area contributed by atoms with Gasteiger partial charge in [-0.15, -0.1) is 0 Å². The number of hydrogen-bond donors (Lipinski definition) is 3. The van der Waals surface area contributed by atoms with Crippen LogP contribution in [0, 0.1) is 11.8 Å². The van der Waals surface area contributed by atoms with Gasteiger partial charge in [0.05, 0.1) is 77.1 Å². The van der Waals surface area contributed by atoms with Crippen molar-refractivity contribution in [1.82, 2.24) is 15.5 Å². The molecule has 3 N–H and O–H groups in total. The van der Waals surface area contributed by atoms with Crippen LogP contribution >= 0.6 is 11.8 Å². The minimum atomic E-state index is -0.276. The topological polar surface area (TPSA) is 142 Å². The highest BCUT2D eigenvalue weighted by atomic mass is 32.2. The van der Waals surface area contributed by atoms with E-state index in [0.29, 0.717) is 76.4 Å². The van der Waals surface area contributed by atoms with Crippen molar-refractivity contribution in [2.75, 3.05) is 92.1 Å². The first-order valence-electron chi connectivity index (χ1n) is 15.8. The van der Waals surface area contributed by atoms with E-state index >= 15 is 0 Å². The average molecular weight is 691 g/mol. The number of nitrogens with zero attached hydrogens (tertiary/aromatic N) is 1.